The number of hydrogen-bond donors (Lipinski definition) is 1. The fourth-order valence-corrected chi connectivity index (χ4v) is 7.46. The number of aliphatic carboxylic acids is 1. The van der Waals surface area contributed by atoms with Gasteiger partial charge in [-0.25, -0.2) is 4.79 Å². The molecular weight excluding hydrogens is 751 g/mol. The van der Waals surface area contributed by atoms with E-state index in [1.165, 1.54) is 135 Å². The highest BCUT2D eigenvalue weighted by molar-refractivity contribution is 5.72. The average molecular weight is 847 g/mol. The predicted octanol–water partition coefficient (Wildman–Crippen LogP) is 14.2. The third-order valence-electron chi connectivity index (χ3n) is 11.3. The lowest BCUT2D eigenvalue weighted by Crippen LogP contribution is -2.50. The largest absolute Gasteiger partial charge is 0.477 e. The van der Waals surface area contributed by atoms with E-state index in [1.54, 1.807) is 0 Å². The fourth-order valence-electron chi connectivity index (χ4n) is 7.46. The standard InChI is InChI=1S/C52H95NO7/c1-6-8-10-12-14-16-18-20-21-22-23-24-25-26-27-28-29-31-32-34-36-38-40-42-50(54)59-47-48(46-58-45-44-49(52(56)57)53(3,4)5)60-51(55)43-41-39-37-35-33-30-19-17-15-13-11-9-7-2/h8,10,14,16,20-21,48-49H,6-7,9,11-13,15,17-19,22-47H2,1-5H3/p+1/b10-8+,16-14+,21-20+. The summed E-state index contributed by atoms with van der Waals surface area (Å²) in [6, 6.07) is -0.612. The molecule has 0 aromatic carbocycles. The number of unbranched alkanes of at least 4 members (excludes halogenated alkanes) is 25. The van der Waals surface area contributed by atoms with Gasteiger partial charge in [-0.2, -0.15) is 0 Å². The lowest BCUT2D eigenvalue weighted by atomic mass is 10.0. The summed E-state index contributed by atoms with van der Waals surface area (Å²) in [5, 5.41) is 9.64. The molecule has 0 bridgehead atoms. The Morgan fingerprint density at radius 3 is 1.38 bits per heavy atom. The highest BCUT2D eigenvalue weighted by Gasteiger charge is 2.31. The second-order valence-electron chi connectivity index (χ2n) is 18.1. The van der Waals surface area contributed by atoms with Gasteiger partial charge in [0.25, 0.3) is 0 Å². The van der Waals surface area contributed by atoms with E-state index in [4.69, 9.17) is 14.2 Å². The van der Waals surface area contributed by atoms with E-state index < -0.39 is 18.1 Å². The van der Waals surface area contributed by atoms with Crippen LogP contribution >= 0.6 is 0 Å². The van der Waals surface area contributed by atoms with Crippen LogP contribution in [0.2, 0.25) is 0 Å². The molecule has 350 valence electrons. The van der Waals surface area contributed by atoms with Gasteiger partial charge in [0.15, 0.2) is 12.1 Å². The number of allylic oxidation sites excluding steroid dienone is 6. The van der Waals surface area contributed by atoms with Crippen molar-refractivity contribution >= 4 is 17.9 Å². The number of carbonyl (C=O) groups excluding carboxylic acids is 2. The van der Waals surface area contributed by atoms with Crippen molar-refractivity contribution in [3.8, 4) is 0 Å². The van der Waals surface area contributed by atoms with Gasteiger partial charge in [-0.05, 0) is 44.9 Å². The molecule has 1 N–H and O–H groups in total. The zero-order chi connectivity index (χ0) is 44.2. The molecule has 0 aromatic heterocycles. The Balaban J connectivity index is 4.16. The van der Waals surface area contributed by atoms with Crippen LogP contribution in [0.15, 0.2) is 36.5 Å². The van der Waals surface area contributed by atoms with Gasteiger partial charge in [0, 0.05) is 19.3 Å². The van der Waals surface area contributed by atoms with E-state index in [0.717, 1.165) is 57.8 Å². The number of ether oxygens (including phenoxy) is 3. The maximum Gasteiger partial charge on any atom is 0.362 e. The van der Waals surface area contributed by atoms with Crippen LogP contribution in [0, 0.1) is 0 Å². The van der Waals surface area contributed by atoms with Crippen molar-refractivity contribution in [3.05, 3.63) is 36.5 Å². The molecule has 0 spiro atoms. The molecule has 0 fully saturated rings. The summed E-state index contributed by atoms with van der Waals surface area (Å²) < 4.78 is 17.3. The highest BCUT2D eigenvalue weighted by atomic mass is 16.6. The van der Waals surface area contributed by atoms with Gasteiger partial charge in [-0.1, -0.05) is 198 Å². The third-order valence-corrected chi connectivity index (χ3v) is 11.3. The van der Waals surface area contributed by atoms with Crippen LogP contribution in [0.4, 0.5) is 0 Å². The van der Waals surface area contributed by atoms with E-state index in [1.807, 2.05) is 21.1 Å². The van der Waals surface area contributed by atoms with Crippen molar-refractivity contribution < 1.29 is 38.2 Å². The zero-order valence-corrected chi connectivity index (χ0v) is 39.9. The molecule has 0 amide bonds. The Morgan fingerprint density at radius 2 is 0.933 bits per heavy atom. The second-order valence-corrected chi connectivity index (χ2v) is 18.1. The number of carboxylic acids is 1. The monoisotopic (exact) mass is 847 g/mol. The molecule has 0 aliphatic rings. The highest BCUT2D eigenvalue weighted by Crippen LogP contribution is 2.16. The SMILES string of the molecule is CC/C=C/C/C=C/C/C=C/CCCCCCCCCCCCCCCC(=O)OCC(COCCC(C(=O)O)[N+](C)(C)C)OC(=O)CCCCCCCCCCCCCCC. The van der Waals surface area contributed by atoms with Crippen LogP contribution in [0.5, 0.6) is 0 Å². The quantitative estimate of drug-likeness (QED) is 0.0282. The predicted molar refractivity (Wildman–Crippen MR) is 252 cm³/mol. The Hall–Kier alpha value is -2.45. The number of hydrogen-bond acceptors (Lipinski definition) is 6. The van der Waals surface area contributed by atoms with E-state index >= 15 is 0 Å². The van der Waals surface area contributed by atoms with E-state index in [2.05, 4.69) is 50.3 Å². The maximum atomic E-state index is 12.7. The Kier molecular flexibility index (Phi) is 41.4. The number of esters is 2. The minimum absolute atomic E-state index is 0.0476. The average Bonchev–Trinajstić information content (AvgIpc) is 3.21. The molecule has 0 aromatic rings. The number of carbonyl (C=O) groups is 3. The number of carboxylic acid groups (broad SMARTS) is 1. The van der Waals surface area contributed by atoms with Crippen molar-refractivity contribution in [2.45, 2.75) is 238 Å². The molecule has 8 nitrogen and oxygen atoms in total. The number of quaternary nitrogens is 1. The van der Waals surface area contributed by atoms with Crippen molar-refractivity contribution in [1.29, 1.82) is 0 Å². The summed E-state index contributed by atoms with van der Waals surface area (Å²) in [5.41, 5.74) is 0. The normalized spacial score (nSPS) is 13.2. The molecule has 2 unspecified atom stereocenters. The molecule has 8 heteroatoms. The summed E-state index contributed by atoms with van der Waals surface area (Å²) in [7, 11) is 5.54. The minimum atomic E-state index is -0.873. The lowest BCUT2D eigenvalue weighted by Gasteiger charge is -2.31. The number of likely N-dealkylation sites (N-methyl/N-ethyl adjacent to an activating group) is 1. The van der Waals surface area contributed by atoms with Gasteiger partial charge < -0.3 is 23.8 Å². The minimum Gasteiger partial charge on any atom is -0.477 e. The molecule has 0 heterocycles. The Morgan fingerprint density at radius 1 is 0.517 bits per heavy atom. The lowest BCUT2D eigenvalue weighted by molar-refractivity contribution is -0.887. The first-order chi connectivity index (χ1) is 29.1. The number of nitrogens with zero attached hydrogens (tertiary/aromatic N) is 1. The fraction of sp³-hybridized carbons (Fsp3) is 0.827. The molecule has 0 radical (unpaired) electrons. The molecule has 0 saturated carbocycles. The van der Waals surface area contributed by atoms with Crippen LogP contribution in [-0.4, -0.2) is 80.6 Å². The summed E-state index contributed by atoms with van der Waals surface area (Å²) in [5.74, 6) is -1.45. The Labute approximate surface area is 370 Å². The molecule has 0 aliphatic heterocycles. The van der Waals surface area contributed by atoms with Crippen molar-refractivity contribution in [2.24, 2.45) is 0 Å². The molecule has 60 heavy (non-hydrogen) atoms. The van der Waals surface area contributed by atoms with Crippen molar-refractivity contribution in [1.82, 2.24) is 0 Å². The summed E-state index contributed by atoms with van der Waals surface area (Å²) in [6.07, 6.45) is 50.5. The Bertz CT molecular complexity index is 1080. The molecule has 0 saturated heterocycles. The molecule has 2 atom stereocenters. The second kappa shape index (κ2) is 43.2. The van der Waals surface area contributed by atoms with Crippen LogP contribution in [0.1, 0.15) is 226 Å². The van der Waals surface area contributed by atoms with Gasteiger partial charge in [-0.3, -0.25) is 9.59 Å². The molecule has 0 rings (SSSR count). The maximum absolute atomic E-state index is 12.7. The van der Waals surface area contributed by atoms with Crippen LogP contribution in [0.3, 0.4) is 0 Å². The van der Waals surface area contributed by atoms with Crippen LogP contribution < -0.4 is 0 Å². The molecular formula is C52H96NO7+. The van der Waals surface area contributed by atoms with Gasteiger partial charge in [0.05, 0.1) is 34.4 Å². The smallest absolute Gasteiger partial charge is 0.362 e. The first kappa shape index (κ1) is 57.5. The topological polar surface area (TPSA) is 99.1 Å². The summed E-state index contributed by atoms with van der Waals surface area (Å²) in [6.45, 7) is 4.65. The van der Waals surface area contributed by atoms with Gasteiger partial charge in [0.1, 0.15) is 6.61 Å². The van der Waals surface area contributed by atoms with Gasteiger partial charge >= 0.3 is 17.9 Å². The van der Waals surface area contributed by atoms with Crippen molar-refractivity contribution in [2.75, 3.05) is 41.0 Å². The summed E-state index contributed by atoms with van der Waals surface area (Å²) >= 11 is 0. The van der Waals surface area contributed by atoms with Gasteiger partial charge in [0.2, 0.25) is 0 Å². The summed E-state index contributed by atoms with van der Waals surface area (Å²) in [4.78, 5) is 37.1. The van der Waals surface area contributed by atoms with E-state index in [-0.39, 0.29) is 36.2 Å². The van der Waals surface area contributed by atoms with E-state index in [9.17, 15) is 19.5 Å². The first-order valence-corrected chi connectivity index (χ1v) is 25.0. The van der Waals surface area contributed by atoms with E-state index in [0.29, 0.717) is 19.3 Å². The van der Waals surface area contributed by atoms with Crippen LogP contribution in [0.25, 0.3) is 0 Å². The first-order valence-electron chi connectivity index (χ1n) is 25.0. The molecule has 0 aliphatic carbocycles. The van der Waals surface area contributed by atoms with Crippen molar-refractivity contribution in [3.63, 3.8) is 0 Å². The van der Waals surface area contributed by atoms with Gasteiger partial charge in [-0.15, -0.1) is 0 Å². The zero-order valence-electron chi connectivity index (χ0n) is 39.9. The number of rotatable bonds is 45. The van der Waals surface area contributed by atoms with Crippen LogP contribution in [-0.2, 0) is 28.6 Å². The third kappa shape index (κ3) is 40.9.